The van der Waals surface area contributed by atoms with Crippen LogP contribution in [0.1, 0.15) is 38.2 Å². The lowest BCUT2D eigenvalue weighted by molar-refractivity contribution is 0.192. The summed E-state index contributed by atoms with van der Waals surface area (Å²) in [6.45, 7) is 5.84. The standard InChI is InChI=1S/C21H29ClN6OS/c1-12-10-15(23)21(11-12)5-8-28(9-6-21)20-26-18(24)16(19(29)27(20)3)30-14-4-7-25-17(22)13(14)2/h4,7,12,15H,5-6,8-11,23-24H2,1-3H3/t12-,15+/m0/s1. The Morgan fingerprint density at radius 1 is 1.33 bits per heavy atom. The van der Waals surface area contributed by atoms with Gasteiger partial charge in [-0.15, -0.1) is 0 Å². The Bertz CT molecular complexity index is 1020. The molecule has 4 N–H and O–H groups in total. The first-order valence-electron chi connectivity index (χ1n) is 10.4. The van der Waals surface area contributed by atoms with Crippen LogP contribution >= 0.6 is 23.4 Å². The van der Waals surface area contributed by atoms with Crippen molar-refractivity contribution in [1.82, 2.24) is 14.5 Å². The summed E-state index contributed by atoms with van der Waals surface area (Å²) in [6.07, 6.45) is 5.98. The van der Waals surface area contributed by atoms with Crippen molar-refractivity contribution < 1.29 is 0 Å². The van der Waals surface area contributed by atoms with E-state index in [1.54, 1.807) is 17.8 Å². The van der Waals surface area contributed by atoms with Crippen molar-refractivity contribution in [2.75, 3.05) is 23.7 Å². The zero-order chi connectivity index (χ0) is 21.6. The van der Waals surface area contributed by atoms with Crippen LogP contribution in [0.5, 0.6) is 0 Å². The molecule has 0 unspecified atom stereocenters. The summed E-state index contributed by atoms with van der Waals surface area (Å²) in [5, 5.41) is 0.418. The van der Waals surface area contributed by atoms with Gasteiger partial charge >= 0.3 is 0 Å². The van der Waals surface area contributed by atoms with E-state index in [2.05, 4.69) is 21.8 Å². The van der Waals surface area contributed by atoms with Gasteiger partial charge in [0.05, 0.1) is 0 Å². The summed E-state index contributed by atoms with van der Waals surface area (Å²) in [6, 6.07) is 2.10. The molecule has 1 saturated heterocycles. The van der Waals surface area contributed by atoms with Crippen LogP contribution in [0.15, 0.2) is 26.8 Å². The summed E-state index contributed by atoms with van der Waals surface area (Å²) in [5.41, 5.74) is 13.6. The topological polar surface area (TPSA) is 103 Å². The predicted molar refractivity (Wildman–Crippen MR) is 122 cm³/mol. The van der Waals surface area contributed by atoms with E-state index in [9.17, 15) is 4.79 Å². The van der Waals surface area contributed by atoms with E-state index in [1.807, 2.05) is 13.0 Å². The first-order chi connectivity index (χ1) is 14.2. The molecule has 1 saturated carbocycles. The van der Waals surface area contributed by atoms with Crippen LogP contribution in [-0.2, 0) is 7.05 Å². The fourth-order valence-corrected chi connectivity index (χ4v) is 6.21. The second kappa shape index (κ2) is 8.05. The highest BCUT2D eigenvalue weighted by Crippen LogP contribution is 2.48. The minimum Gasteiger partial charge on any atom is -0.382 e. The number of hydrogen-bond acceptors (Lipinski definition) is 7. The molecule has 2 aromatic rings. The maximum absolute atomic E-state index is 13.1. The Hall–Kier alpha value is -1.77. The fraction of sp³-hybridized carbons (Fsp3) is 0.571. The van der Waals surface area contributed by atoms with Gasteiger partial charge in [0.25, 0.3) is 5.56 Å². The number of nitrogens with two attached hydrogens (primary N) is 2. The van der Waals surface area contributed by atoms with E-state index >= 15 is 0 Å². The molecule has 1 aliphatic carbocycles. The summed E-state index contributed by atoms with van der Waals surface area (Å²) in [5.74, 6) is 1.56. The Morgan fingerprint density at radius 3 is 2.67 bits per heavy atom. The molecule has 3 heterocycles. The lowest BCUT2D eigenvalue weighted by Crippen LogP contribution is -2.48. The molecule has 7 nitrogen and oxygen atoms in total. The fourth-order valence-electron chi connectivity index (χ4n) is 5.02. The molecule has 0 aromatic carbocycles. The van der Waals surface area contributed by atoms with E-state index in [-0.39, 0.29) is 22.8 Å². The molecule has 0 radical (unpaired) electrons. The van der Waals surface area contributed by atoms with Gasteiger partial charge in [0.2, 0.25) is 5.95 Å². The lowest BCUT2D eigenvalue weighted by atomic mass is 9.74. The van der Waals surface area contributed by atoms with Gasteiger partial charge in [0.15, 0.2) is 0 Å². The highest BCUT2D eigenvalue weighted by atomic mass is 35.5. The molecular weight excluding hydrogens is 420 g/mol. The second-order valence-corrected chi connectivity index (χ2v) is 10.2. The number of anilines is 2. The van der Waals surface area contributed by atoms with Crippen LogP contribution in [0.2, 0.25) is 5.15 Å². The molecule has 2 atom stereocenters. The molecule has 2 aromatic heterocycles. The number of halogens is 1. The van der Waals surface area contributed by atoms with Crippen molar-refractivity contribution >= 4 is 35.1 Å². The molecule has 2 fully saturated rings. The third kappa shape index (κ3) is 3.69. The maximum Gasteiger partial charge on any atom is 0.270 e. The summed E-state index contributed by atoms with van der Waals surface area (Å²) in [4.78, 5) is 25.2. The molecule has 1 aliphatic heterocycles. The Balaban J connectivity index is 1.58. The highest BCUT2D eigenvalue weighted by molar-refractivity contribution is 7.99. The Morgan fingerprint density at radius 2 is 2.03 bits per heavy atom. The van der Waals surface area contributed by atoms with Crippen molar-refractivity contribution in [3.05, 3.63) is 33.3 Å². The second-order valence-electron chi connectivity index (χ2n) is 8.82. The number of piperidine rings is 1. The normalized spacial score (nSPS) is 23.3. The van der Waals surface area contributed by atoms with E-state index in [1.165, 1.54) is 18.2 Å². The van der Waals surface area contributed by atoms with Crippen molar-refractivity contribution in [1.29, 1.82) is 0 Å². The highest BCUT2D eigenvalue weighted by Gasteiger charge is 2.46. The largest absolute Gasteiger partial charge is 0.382 e. The molecule has 4 rings (SSSR count). The zero-order valence-corrected chi connectivity index (χ0v) is 19.3. The molecule has 9 heteroatoms. The molecule has 0 bridgehead atoms. The van der Waals surface area contributed by atoms with Crippen LogP contribution in [-0.4, -0.2) is 33.7 Å². The smallest absolute Gasteiger partial charge is 0.270 e. The number of rotatable bonds is 3. The SMILES string of the molecule is Cc1c(Sc2c(N)nc(N3CCC4(CC3)C[C@@H](C)C[C@H]4N)n(C)c2=O)ccnc1Cl. The third-order valence-corrected chi connectivity index (χ3v) is 8.43. The van der Waals surface area contributed by atoms with Crippen LogP contribution in [0.3, 0.4) is 0 Å². The number of nitrogen functional groups attached to an aromatic ring is 1. The average molecular weight is 449 g/mol. The first kappa shape index (κ1) is 21.5. The van der Waals surface area contributed by atoms with Gasteiger partial charge < -0.3 is 16.4 Å². The monoisotopic (exact) mass is 448 g/mol. The Kier molecular flexibility index (Phi) is 5.76. The van der Waals surface area contributed by atoms with Crippen molar-refractivity contribution in [3.63, 3.8) is 0 Å². The Labute approximate surface area is 186 Å². The van der Waals surface area contributed by atoms with E-state index in [4.69, 9.17) is 23.1 Å². The van der Waals surface area contributed by atoms with Gasteiger partial charge in [-0.1, -0.05) is 30.3 Å². The molecule has 2 aliphatic rings. The number of pyridine rings is 1. The maximum atomic E-state index is 13.1. The minimum atomic E-state index is -0.152. The van der Waals surface area contributed by atoms with Crippen LogP contribution in [0.4, 0.5) is 11.8 Å². The van der Waals surface area contributed by atoms with Crippen molar-refractivity contribution in [3.8, 4) is 0 Å². The molecule has 162 valence electrons. The lowest BCUT2D eigenvalue weighted by Gasteiger charge is -2.42. The van der Waals surface area contributed by atoms with Gasteiger partial charge in [-0.05, 0) is 50.0 Å². The van der Waals surface area contributed by atoms with E-state index < -0.39 is 0 Å². The quantitative estimate of drug-likeness (QED) is 0.694. The zero-order valence-electron chi connectivity index (χ0n) is 17.7. The molecular formula is C21H29ClN6OS. The predicted octanol–water partition coefficient (Wildman–Crippen LogP) is 3.21. The van der Waals surface area contributed by atoms with Gasteiger partial charge in [-0.2, -0.15) is 4.98 Å². The van der Waals surface area contributed by atoms with Crippen LogP contribution in [0.25, 0.3) is 0 Å². The average Bonchev–Trinajstić information content (AvgIpc) is 2.98. The van der Waals surface area contributed by atoms with Gasteiger partial charge in [-0.3, -0.25) is 9.36 Å². The summed E-state index contributed by atoms with van der Waals surface area (Å²) in [7, 11) is 1.76. The summed E-state index contributed by atoms with van der Waals surface area (Å²) >= 11 is 7.40. The minimum absolute atomic E-state index is 0.152. The summed E-state index contributed by atoms with van der Waals surface area (Å²) < 4.78 is 1.60. The number of aromatic nitrogens is 3. The number of nitrogens with zero attached hydrogens (tertiary/aromatic N) is 4. The van der Waals surface area contributed by atoms with Crippen molar-refractivity contribution in [2.24, 2.45) is 24.1 Å². The van der Waals surface area contributed by atoms with Gasteiger partial charge in [0.1, 0.15) is 15.9 Å². The molecule has 0 amide bonds. The molecule has 1 spiro atoms. The van der Waals surface area contributed by atoms with Gasteiger partial charge in [0, 0.05) is 42.8 Å². The van der Waals surface area contributed by atoms with Crippen LogP contribution in [0, 0.1) is 18.3 Å². The van der Waals surface area contributed by atoms with Crippen molar-refractivity contribution in [2.45, 2.75) is 55.4 Å². The number of hydrogen-bond donors (Lipinski definition) is 2. The van der Waals surface area contributed by atoms with E-state index in [0.29, 0.717) is 21.9 Å². The van der Waals surface area contributed by atoms with E-state index in [0.717, 1.165) is 42.8 Å². The first-order valence-corrected chi connectivity index (χ1v) is 11.6. The van der Waals surface area contributed by atoms with Gasteiger partial charge in [-0.25, -0.2) is 4.98 Å². The third-order valence-electron chi connectivity index (χ3n) is 6.80. The van der Waals surface area contributed by atoms with Crippen LogP contribution < -0.4 is 21.9 Å². The molecule has 30 heavy (non-hydrogen) atoms.